The minimum atomic E-state index is -1.25. The Morgan fingerprint density at radius 2 is 1.76 bits per heavy atom. The van der Waals surface area contributed by atoms with Crippen molar-refractivity contribution in [1.82, 2.24) is 20.1 Å². The Hall–Kier alpha value is -2.28. The lowest BCUT2D eigenvalue weighted by atomic mass is 9.81. The van der Waals surface area contributed by atoms with Gasteiger partial charge in [-0.15, -0.1) is 11.3 Å². The molecular weight excluding hydrogens is 606 g/mol. The molecule has 3 amide bonds. The highest BCUT2D eigenvalue weighted by Crippen LogP contribution is 2.33. The van der Waals surface area contributed by atoms with E-state index in [9.17, 15) is 24.6 Å². The van der Waals surface area contributed by atoms with Crippen LogP contribution in [0.3, 0.4) is 0 Å². The van der Waals surface area contributed by atoms with Gasteiger partial charge in [-0.25, -0.2) is 4.98 Å². The normalized spacial score (nSPS) is 19.7. The third-order valence-electron chi connectivity index (χ3n) is 9.90. The van der Waals surface area contributed by atoms with Crippen LogP contribution in [0.2, 0.25) is 0 Å². The van der Waals surface area contributed by atoms with E-state index in [2.05, 4.69) is 10.3 Å². The van der Waals surface area contributed by atoms with E-state index in [0.29, 0.717) is 30.2 Å². The smallest absolute Gasteiger partial charge is 0.241 e. The van der Waals surface area contributed by atoms with Crippen LogP contribution in [0.25, 0.3) is 0 Å². The standard InChI is InChI=1S/C34H59N5O6S/c1-23(2)16-28(40)31(43)27(17-24-12-8-6-9-13-24)39(20-30(42)38(3)4)32(44)25(18-26-21-46-33(35)37-26)19-29(41)36-22-34(45-5)14-10-7-11-15-34/h21,23-25,27-28,31,40,43H,6-20,22H2,1-5H3,(H2,35,37)(H,36,41)/t25-,27+,28+,31-/m1/s1. The lowest BCUT2D eigenvalue weighted by Crippen LogP contribution is -2.56. The highest BCUT2D eigenvalue weighted by atomic mass is 32.1. The molecule has 5 N–H and O–H groups in total. The Labute approximate surface area is 279 Å². The van der Waals surface area contributed by atoms with Gasteiger partial charge in [0.05, 0.1) is 29.4 Å². The molecule has 0 aliphatic heterocycles. The van der Waals surface area contributed by atoms with Gasteiger partial charge in [0.25, 0.3) is 0 Å². The molecule has 46 heavy (non-hydrogen) atoms. The molecule has 2 saturated carbocycles. The van der Waals surface area contributed by atoms with E-state index in [1.807, 2.05) is 13.8 Å². The molecule has 0 aromatic carbocycles. The number of rotatable bonds is 17. The number of amides is 3. The Kier molecular flexibility index (Phi) is 15.2. The van der Waals surface area contributed by atoms with Crippen LogP contribution in [0.1, 0.15) is 103 Å². The fraction of sp³-hybridized carbons (Fsp3) is 0.824. The minimum absolute atomic E-state index is 0.122. The Bertz CT molecular complexity index is 1100. The first-order valence-electron chi connectivity index (χ1n) is 17.2. The second kappa shape index (κ2) is 18.3. The maximum absolute atomic E-state index is 14.7. The molecule has 2 aliphatic carbocycles. The average Bonchev–Trinajstić information content (AvgIpc) is 3.45. The van der Waals surface area contributed by atoms with E-state index in [1.54, 1.807) is 26.6 Å². The van der Waals surface area contributed by atoms with Gasteiger partial charge in [0, 0.05) is 46.0 Å². The highest BCUT2D eigenvalue weighted by Gasteiger charge is 2.40. The van der Waals surface area contributed by atoms with Crippen molar-refractivity contribution >= 4 is 34.2 Å². The summed E-state index contributed by atoms with van der Waals surface area (Å²) in [7, 11) is 4.94. The van der Waals surface area contributed by atoms with Crippen molar-refractivity contribution in [3.63, 3.8) is 0 Å². The first-order chi connectivity index (χ1) is 21.8. The number of hydrogen-bond donors (Lipinski definition) is 4. The number of nitrogens with one attached hydrogen (secondary N) is 1. The predicted octanol–water partition coefficient (Wildman–Crippen LogP) is 3.76. The molecule has 4 atom stereocenters. The summed E-state index contributed by atoms with van der Waals surface area (Å²) < 4.78 is 5.86. The highest BCUT2D eigenvalue weighted by molar-refractivity contribution is 7.13. The summed E-state index contributed by atoms with van der Waals surface area (Å²) in [5, 5.41) is 28.0. The number of aromatic nitrogens is 1. The number of hydrogen-bond acceptors (Lipinski definition) is 9. The minimum Gasteiger partial charge on any atom is -0.390 e. The molecule has 262 valence electrons. The number of aliphatic hydroxyl groups excluding tert-OH is 2. The van der Waals surface area contributed by atoms with Gasteiger partial charge in [0.15, 0.2) is 5.13 Å². The monoisotopic (exact) mass is 665 g/mol. The summed E-state index contributed by atoms with van der Waals surface area (Å²) in [6.07, 6.45) is 8.74. The number of carbonyl (C=O) groups excluding carboxylic acids is 3. The maximum atomic E-state index is 14.7. The molecule has 1 heterocycles. The van der Waals surface area contributed by atoms with Crippen LogP contribution in [0, 0.1) is 17.8 Å². The van der Waals surface area contributed by atoms with E-state index >= 15 is 0 Å². The van der Waals surface area contributed by atoms with Gasteiger partial charge in [-0.1, -0.05) is 65.2 Å². The van der Waals surface area contributed by atoms with Crippen LogP contribution in [0.15, 0.2) is 5.38 Å². The zero-order valence-corrected chi connectivity index (χ0v) is 29.5. The third kappa shape index (κ3) is 11.5. The Balaban J connectivity index is 1.94. The molecule has 1 aromatic heterocycles. The van der Waals surface area contributed by atoms with Crippen LogP contribution in [0.4, 0.5) is 5.13 Å². The Morgan fingerprint density at radius 1 is 1.11 bits per heavy atom. The van der Waals surface area contributed by atoms with Gasteiger partial charge in [0.1, 0.15) is 12.6 Å². The van der Waals surface area contributed by atoms with Crippen molar-refractivity contribution in [2.45, 2.75) is 128 Å². The third-order valence-corrected chi connectivity index (χ3v) is 10.6. The Morgan fingerprint density at radius 3 is 2.33 bits per heavy atom. The zero-order chi connectivity index (χ0) is 33.9. The lowest BCUT2D eigenvalue weighted by Gasteiger charge is -2.41. The number of likely N-dealkylation sites (N-methyl/N-ethyl adjacent to an activating group) is 1. The first-order valence-corrected chi connectivity index (χ1v) is 18.1. The van der Waals surface area contributed by atoms with Gasteiger partial charge < -0.3 is 35.8 Å². The van der Waals surface area contributed by atoms with E-state index < -0.39 is 35.7 Å². The lowest BCUT2D eigenvalue weighted by molar-refractivity contribution is -0.151. The van der Waals surface area contributed by atoms with Crippen LogP contribution in [-0.2, 0) is 25.5 Å². The quantitative estimate of drug-likeness (QED) is 0.196. The van der Waals surface area contributed by atoms with Gasteiger partial charge in [-0.3, -0.25) is 14.4 Å². The van der Waals surface area contributed by atoms with Crippen LogP contribution in [-0.4, -0.2) is 101 Å². The van der Waals surface area contributed by atoms with E-state index in [1.165, 1.54) is 21.1 Å². The van der Waals surface area contributed by atoms with Gasteiger partial charge in [0.2, 0.25) is 17.7 Å². The van der Waals surface area contributed by atoms with E-state index in [-0.39, 0.29) is 43.0 Å². The van der Waals surface area contributed by atoms with Gasteiger partial charge in [-0.2, -0.15) is 0 Å². The number of ether oxygens (including phenoxy) is 1. The number of carbonyl (C=O) groups is 3. The average molecular weight is 666 g/mol. The van der Waals surface area contributed by atoms with Crippen molar-refractivity contribution in [3.05, 3.63) is 11.1 Å². The molecule has 0 bridgehead atoms. The van der Waals surface area contributed by atoms with E-state index in [0.717, 1.165) is 64.2 Å². The molecule has 0 unspecified atom stereocenters. The number of nitrogens with zero attached hydrogens (tertiary/aromatic N) is 3. The van der Waals surface area contributed by atoms with Crippen LogP contribution in [0.5, 0.6) is 0 Å². The summed E-state index contributed by atoms with van der Waals surface area (Å²) in [5.74, 6) is -1.47. The second-order valence-electron chi connectivity index (χ2n) is 14.3. The van der Waals surface area contributed by atoms with Crippen molar-refractivity contribution in [2.75, 3.05) is 40.0 Å². The SMILES string of the molecule is COC1(CNC(=O)C[C@@H](Cc2csc(N)n2)C(=O)N(CC(=O)N(C)C)[C@@H](CC2CCCCC2)[C@@H](O)[C@@H](O)CC(C)C)CCCCC1. The number of anilines is 1. The fourth-order valence-electron chi connectivity index (χ4n) is 7.09. The molecule has 12 heteroatoms. The second-order valence-corrected chi connectivity index (χ2v) is 15.1. The number of aliphatic hydroxyl groups is 2. The zero-order valence-electron chi connectivity index (χ0n) is 28.7. The number of nitrogens with two attached hydrogens (primary N) is 1. The summed E-state index contributed by atoms with van der Waals surface area (Å²) in [4.78, 5) is 48.7. The van der Waals surface area contributed by atoms with Crippen molar-refractivity contribution in [2.24, 2.45) is 17.8 Å². The molecule has 2 fully saturated rings. The van der Waals surface area contributed by atoms with Crippen LogP contribution >= 0.6 is 11.3 Å². The van der Waals surface area contributed by atoms with Crippen LogP contribution < -0.4 is 11.1 Å². The van der Waals surface area contributed by atoms with E-state index in [4.69, 9.17) is 10.5 Å². The first kappa shape index (κ1) is 38.2. The molecule has 3 rings (SSSR count). The van der Waals surface area contributed by atoms with Gasteiger partial charge >= 0.3 is 0 Å². The van der Waals surface area contributed by atoms with Gasteiger partial charge in [-0.05, 0) is 37.5 Å². The largest absolute Gasteiger partial charge is 0.390 e. The summed E-state index contributed by atoms with van der Waals surface area (Å²) in [5.41, 5.74) is 6.10. The van der Waals surface area contributed by atoms with Crippen molar-refractivity contribution < 1.29 is 29.3 Å². The number of methoxy groups -OCH3 is 1. The molecular formula is C34H59N5O6S. The molecule has 0 radical (unpaired) electrons. The number of thiazole rings is 1. The fourth-order valence-corrected chi connectivity index (χ4v) is 7.67. The molecule has 0 saturated heterocycles. The van der Waals surface area contributed by atoms with Crippen molar-refractivity contribution in [3.8, 4) is 0 Å². The summed E-state index contributed by atoms with van der Waals surface area (Å²) >= 11 is 1.27. The van der Waals surface area contributed by atoms with Crippen molar-refractivity contribution in [1.29, 1.82) is 0 Å². The molecule has 11 nitrogen and oxygen atoms in total. The molecule has 0 spiro atoms. The predicted molar refractivity (Wildman–Crippen MR) is 181 cm³/mol. The summed E-state index contributed by atoms with van der Waals surface area (Å²) in [6.45, 7) is 4.04. The maximum Gasteiger partial charge on any atom is 0.241 e. The topological polar surface area (TPSA) is 158 Å². The number of nitrogen functional groups attached to an aromatic ring is 1. The molecule has 2 aliphatic rings. The molecule has 1 aromatic rings. The summed E-state index contributed by atoms with van der Waals surface area (Å²) in [6, 6.07) is -0.793.